The molecule has 0 bridgehead atoms. The maximum atomic E-state index is 12.5. The molecule has 25 heavy (non-hydrogen) atoms. The second-order valence-electron chi connectivity index (χ2n) is 6.45. The number of anilines is 1. The number of piperidine rings is 1. The number of rotatable bonds is 4. The number of carbonyl (C=O) groups is 1. The van der Waals surface area contributed by atoms with E-state index in [4.69, 9.17) is 16.3 Å². The van der Waals surface area contributed by atoms with Crippen molar-refractivity contribution in [2.24, 2.45) is 0 Å². The maximum Gasteiger partial charge on any atom is 0.321 e. The van der Waals surface area contributed by atoms with Gasteiger partial charge in [0.1, 0.15) is 0 Å². The first-order valence-electron chi connectivity index (χ1n) is 8.59. The van der Waals surface area contributed by atoms with Gasteiger partial charge in [-0.05, 0) is 43.5 Å². The van der Waals surface area contributed by atoms with E-state index >= 15 is 0 Å². The normalized spacial score (nSPS) is 17.4. The van der Waals surface area contributed by atoms with Gasteiger partial charge in [-0.15, -0.1) is 0 Å². The summed E-state index contributed by atoms with van der Waals surface area (Å²) in [6, 6.07) is 15.4. The molecule has 0 radical (unpaired) electrons. The minimum Gasteiger partial charge on any atom is -0.372 e. The number of hydrogen-bond acceptors (Lipinski definition) is 2. The number of halogens is 1. The highest BCUT2D eigenvalue weighted by atomic mass is 35.5. The van der Waals surface area contributed by atoms with Crippen molar-refractivity contribution < 1.29 is 9.53 Å². The van der Waals surface area contributed by atoms with Crippen molar-refractivity contribution in [3.63, 3.8) is 0 Å². The van der Waals surface area contributed by atoms with E-state index in [1.807, 2.05) is 17.0 Å². The number of urea groups is 1. The molecule has 1 saturated heterocycles. The largest absolute Gasteiger partial charge is 0.372 e. The van der Waals surface area contributed by atoms with Crippen molar-refractivity contribution in [1.29, 1.82) is 0 Å². The molecule has 132 valence electrons. The van der Waals surface area contributed by atoms with Crippen LogP contribution in [-0.4, -0.2) is 30.1 Å². The SMILES string of the molecule is Cc1ccc(COC2CCCN(C(=O)Nc3cccc(Cl)c3)C2)cc1. The second-order valence-corrected chi connectivity index (χ2v) is 6.88. The number of amides is 2. The van der Waals surface area contributed by atoms with Gasteiger partial charge in [0.05, 0.1) is 12.7 Å². The van der Waals surface area contributed by atoms with Crippen LogP contribution in [0.1, 0.15) is 24.0 Å². The molecule has 1 atom stereocenters. The quantitative estimate of drug-likeness (QED) is 0.847. The molecule has 1 heterocycles. The van der Waals surface area contributed by atoms with Crippen LogP contribution in [0.3, 0.4) is 0 Å². The van der Waals surface area contributed by atoms with Crippen LogP contribution in [0.2, 0.25) is 5.02 Å². The first kappa shape index (κ1) is 17.8. The van der Waals surface area contributed by atoms with Gasteiger partial charge in [0.25, 0.3) is 0 Å². The second kappa shape index (κ2) is 8.37. The zero-order valence-corrected chi connectivity index (χ0v) is 15.1. The summed E-state index contributed by atoms with van der Waals surface area (Å²) >= 11 is 5.96. The molecule has 2 aromatic carbocycles. The molecule has 3 rings (SSSR count). The smallest absolute Gasteiger partial charge is 0.321 e. The molecular weight excluding hydrogens is 336 g/mol. The van der Waals surface area contributed by atoms with Crippen LogP contribution in [0.4, 0.5) is 10.5 Å². The Morgan fingerprint density at radius 2 is 2.08 bits per heavy atom. The van der Waals surface area contributed by atoms with Gasteiger partial charge in [-0.1, -0.05) is 47.5 Å². The Morgan fingerprint density at radius 1 is 1.28 bits per heavy atom. The first-order chi connectivity index (χ1) is 12.1. The lowest BCUT2D eigenvalue weighted by molar-refractivity contribution is 0.00101. The number of aryl methyl sites for hydroxylation is 1. The Bertz CT molecular complexity index is 718. The molecule has 5 heteroatoms. The van der Waals surface area contributed by atoms with Gasteiger partial charge < -0.3 is 15.0 Å². The molecular formula is C20H23ClN2O2. The molecule has 2 aromatic rings. The Kier molecular flexibility index (Phi) is 5.95. The Morgan fingerprint density at radius 3 is 2.84 bits per heavy atom. The Balaban J connectivity index is 1.51. The van der Waals surface area contributed by atoms with Gasteiger partial charge in [0, 0.05) is 23.8 Å². The minimum absolute atomic E-state index is 0.0696. The summed E-state index contributed by atoms with van der Waals surface area (Å²) in [7, 11) is 0. The van der Waals surface area contributed by atoms with Gasteiger partial charge >= 0.3 is 6.03 Å². The van der Waals surface area contributed by atoms with Crippen molar-refractivity contribution in [1.82, 2.24) is 4.90 Å². The number of nitrogens with zero attached hydrogens (tertiary/aromatic N) is 1. The fourth-order valence-electron chi connectivity index (χ4n) is 2.93. The van der Waals surface area contributed by atoms with Crippen LogP contribution in [-0.2, 0) is 11.3 Å². The van der Waals surface area contributed by atoms with E-state index in [1.165, 1.54) is 5.56 Å². The molecule has 1 unspecified atom stereocenters. The summed E-state index contributed by atoms with van der Waals surface area (Å²) < 4.78 is 6.02. The van der Waals surface area contributed by atoms with Gasteiger partial charge in [-0.25, -0.2) is 4.79 Å². The van der Waals surface area contributed by atoms with E-state index in [0.29, 0.717) is 23.9 Å². The van der Waals surface area contributed by atoms with Gasteiger partial charge in [0.2, 0.25) is 0 Å². The molecule has 2 amide bonds. The molecule has 0 aromatic heterocycles. The summed E-state index contributed by atoms with van der Waals surface area (Å²) in [6.07, 6.45) is 1.99. The van der Waals surface area contributed by atoms with E-state index in [0.717, 1.165) is 24.9 Å². The maximum absolute atomic E-state index is 12.5. The average molecular weight is 359 g/mol. The first-order valence-corrected chi connectivity index (χ1v) is 8.96. The lowest BCUT2D eigenvalue weighted by atomic mass is 10.1. The van der Waals surface area contributed by atoms with Crippen LogP contribution in [0.15, 0.2) is 48.5 Å². The summed E-state index contributed by atoms with van der Waals surface area (Å²) in [6.45, 7) is 4.01. The summed E-state index contributed by atoms with van der Waals surface area (Å²) in [5.74, 6) is 0. The fourth-order valence-corrected chi connectivity index (χ4v) is 3.12. The Labute approximate surface area is 153 Å². The van der Waals surface area contributed by atoms with E-state index < -0.39 is 0 Å². The summed E-state index contributed by atoms with van der Waals surface area (Å²) in [5, 5.41) is 3.51. The molecule has 0 spiro atoms. The van der Waals surface area contributed by atoms with E-state index in [1.54, 1.807) is 12.1 Å². The third-order valence-corrected chi connectivity index (χ3v) is 4.58. The minimum atomic E-state index is -0.106. The molecule has 1 aliphatic rings. The number of carbonyl (C=O) groups excluding carboxylic acids is 1. The highest BCUT2D eigenvalue weighted by Crippen LogP contribution is 2.19. The highest BCUT2D eigenvalue weighted by Gasteiger charge is 2.24. The highest BCUT2D eigenvalue weighted by molar-refractivity contribution is 6.30. The predicted molar refractivity (Wildman–Crippen MR) is 101 cm³/mol. The summed E-state index contributed by atoms with van der Waals surface area (Å²) in [5.41, 5.74) is 3.11. The van der Waals surface area contributed by atoms with Crippen molar-refractivity contribution in [3.05, 3.63) is 64.7 Å². The third-order valence-electron chi connectivity index (χ3n) is 4.35. The lowest BCUT2D eigenvalue weighted by Crippen LogP contribution is -2.45. The lowest BCUT2D eigenvalue weighted by Gasteiger charge is -2.32. The topological polar surface area (TPSA) is 41.6 Å². The molecule has 4 nitrogen and oxygen atoms in total. The molecule has 1 N–H and O–H groups in total. The van der Waals surface area contributed by atoms with Crippen molar-refractivity contribution in [2.45, 2.75) is 32.5 Å². The number of likely N-dealkylation sites (tertiary alicyclic amines) is 1. The van der Waals surface area contributed by atoms with Gasteiger partial charge in [-0.2, -0.15) is 0 Å². The third kappa shape index (κ3) is 5.21. The van der Waals surface area contributed by atoms with Crippen LogP contribution in [0.25, 0.3) is 0 Å². The van der Waals surface area contributed by atoms with Gasteiger partial charge in [0.15, 0.2) is 0 Å². The van der Waals surface area contributed by atoms with Crippen LogP contribution < -0.4 is 5.32 Å². The van der Waals surface area contributed by atoms with Crippen molar-refractivity contribution in [3.8, 4) is 0 Å². The zero-order valence-electron chi connectivity index (χ0n) is 14.4. The monoisotopic (exact) mass is 358 g/mol. The Hall–Kier alpha value is -2.04. The van der Waals surface area contributed by atoms with E-state index in [9.17, 15) is 4.79 Å². The molecule has 1 fully saturated rings. The van der Waals surface area contributed by atoms with E-state index in [2.05, 4.69) is 36.5 Å². The average Bonchev–Trinajstić information content (AvgIpc) is 2.61. The molecule has 1 aliphatic heterocycles. The van der Waals surface area contributed by atoms with E-state index in [-0.39, 0.29) is 12.1 Å². The number of ether oxygens (including phenoxy) is 1. The number of hydrogen-bond donors (Lipinski definition) is 1. The molecule has 0 aliphatic carbocycles. The van der Waals surface area contributed by atoms with Crippen molar-refractivity contribution in [2.75, 3.05) is 18.4 Å². The predicted octanol–water partition coefficient (Wildman–Crippen LogP) is 4.86. The number of benzene rings is 2. The zero-order chi connectivity index (χ0) is 17.6. The fraction of sp³-hybridized carbons (Fsp3) is 0.350. The summed E-state index contributed by atoms with van der Waals surface area (Å²) in [4.78, 5) is 14.3. The van der Waals surface area contributed by atoms with Crippen LogP contribution >= 0.6 is 11.6 Å². The molecule has 0 saturated carbocycles. The van der Waals surface area contributed by atoms with Crippen LogP contribution in [0, 0.1) is 6.92 Å². The van der Waals surface area contributed by atoms with Crippen molar-refractivity contribution >= 4 is 23.3 Å². The number of nitrogens with one attached hydrogen (secondary N) is 1. The standard InChI is InChI=1S/C20H23ClN2O2/c1-15-7-9-16(10-8-15)14-25-19-6-3-11-23(13-19)20(24)22-18-5-2-4-17(21)12-18/h2,4-5,7-10,12,19H,3,6,11,13-14H2,1H3,(H,22,24). The van der Waals surface area contributed by atoms with Gasteiger partial charge in [-0.3, -0.25) is 0 Å². The van der Waals surface area contributed by atoms with Crippen LogP contribution in [0.5, 0.6) is 0 Å².